The number of hydrogen-bond donors (Lipinski definition) is 1. The zero-order chi connectivity index (χ0) is 16.1. The van der Waals surface area contributed by atoms with Crippen molar-refractivity contribution >= 4 is 44.3 Å². The van der Waals surface area contributed by atoms with E-state index in [-0.39, 0.29) is 0 Å². The lowest BCUT2D eigenvalue weighted by molar-refractivity contribution is 0.889. The van der Waals surface area contributed by atoms with Gasteiger partial charge in [0.1, 0.15) is 0 Å². The van der Waals surface area contributed by atoms with Crippen LogP contribution >= 0.6 is 11.6 Å². The molecule has 0 aliphatic heterocycles. The van der Waals surface area contributed by atoms with E-state index in [0.29, 0.717) is 0 Å². The highest BCUT2D eigenvalue weighted by molar-refractivity contribution is 6.36. The number of nitrogens with one attached hydrogen (secondary N) is 1. The Kier molecular flexibility index (Phi) is 3.31. The van der Waals surface area contributed by atoms with Crippen LogP contribution in [0.5, 0.6) is 0 Å². The van der Waals surface area contributed by atoms with Crippen molar-refractivity contribution in [2.75, 3.05) is 0 Å². The van der Waals surface area contributed by atoms with E-state index in [2.05, 4.69) is 50.0 Å². The molecule has 23 heavy (non-hydrogen) atoms. The number of nitrogens with zero attached hydrogens (tertiary/aromatic N) is 1. The number of fused-ring (bicyclic) bond motifs is 4. The van der Waals surface area contributed by atoms with Crippen LogP contribution in [0, 0.1) is 13.8 Å². The molecule has 0 saturated carbocycles. The van der Waals surface area contributed by atoms with Crippen molar-refractivity contribution in [3.63, 3.8) is 0 Å². The second-order valence-electron chi connectivity index (χ2n) is 6.25. The largest absolute Gasteiger partial charge is 0.358 e. The number of pyridine rings is 1. The SMILES string of the molecule is CCCc1cc(Cl)c2c(C)c3nc4ccccc4c3c(C)c2[nH]1. The molecule has 3 heteroatoms. The maximum atomic E-state index is 6.63. The molecular weight excluding hydrogens is 304 g/mol. The number of aryl methyl sites for hydroxylation is 3. The smallest absolute Gasteiger partial charge is 0.0756 e. The molecule has 0 amide bonds. The van der Waals surface area contributed by atoms with Crippen LogP contribution in [0.15, 0.2) is 30.3 Å². The van der Waals surface area contributed by atoms with Crippen molar-refractivity contribution in [2.45, 2.75) is 33.6 Å². The number of hydrogen-bond acceptors (Lipinski definition) is 1. The summed E-state index contributed by atoms with van der Waals surface area (Å²) < 4.78 is 0. The molecule has 0 aliphatic carbocycles. The van der Waals surface area contributed by atoms with E-state index in [4.69, 9.17) is 16.6 Å². The first-order valence-electron chi connectivity index (χ1n) is 8.10. The summed E-state index contributed by atoms with van der Waals surface area (Å²) in [5.74, 6) is 0. The minimum Gasteiger partial charge on any atom is -0.358 e. The molecule has 0 fully saturated rings. The minimum atomic E-state index is 0.816. The highest BCUT2D eigenvalue weighted by Crippen LogP contribution is 2.38. The lowest BCUT2D eigenvalue weighted by Gasteiger charge is -2.13. The zero-order valence-electron chi connectivity index (χ0n) is 13.6. The van der Waals surface area contributed by atoms with Gasteiger partial charge in [-0.05, 0) is 43.5 Å². The number of rotatable bonds is 2. The fourth-order valence-electron chi connectivity index (χ4n) is 3.64. The number of benzene rings is 2. The molecule has 116 valence electrons. The fraction of sp³-hybridized carbons (Fsp3) is 0.250. The Hall–Kier alpha value is -2.06. The summed E-state index contributed by atoms with van der Waals surface area (Å²) in [5.41, 5.74) is 6.83. The molecule has 4 aromatic rings. The molecule has 0 bridgehead atoms. The molecule has 1 N–H and O–H groups in total. The standard InChI is InChI=1S/C20H19ClN2/c1-4-7-13-10-15(21)18-12(3)19-17(11(2)20(18)22-13)14-8-5-6-9-16(14)23-19/h5-6,8-10,22H,4,7H2,1-3H3. The van der Waals surface area contributed by atoms with Gasteiger partial charge in [0.15, 0.2) is 0 Å². The predicted molar refractivity (Wildman–Crippen MR) is 99.6 cm³/mol. The summed E-state index contributed by atoms with van der Waals surface area (Å²) in [6.07, 6.45) is 2.10. The van der Waals surface area contributed by atoms with Crippen molar-refractivity contribution in [3.05, 3.63) is 52.2 Å². The van der Waals surface area contributed by atoms with Crippen LogP contribution < -0.4 is 0 Å². The monoisotopic (exact) mass is 322 g/mol. The number of aromatic nitrogens is 2. The maximum Gasteiger partial charge on any atom is 0.0756 e. The Morgan fingerprint density at radius 2 is 1.87 bits per heavy atom. The Morgan fingerprint density at radius 1 is 1.09 bits per heavy atom. The van der Waals surface area contributed by atoms with Gasteiger partial charge in [-0.2, -0.15) is 0 Å². The highest BCUT2D eigenvalue weighted by atomic mass is 35.5. The van der Waals surface area contributed by atoms with E-state index >= 15 is 0 Å². The molecule has 4 rings (SSSR count). The molecule has 2 aromatic carbocycles. The van der Waals surface area contributed by atoms with Gasteiger partial charge in [-0.3, -0.25) is 0 Å². The third-order valence-electron chi connectivity index (χ3n) is 4.72. The quantitative estimate of drug-likeness (QED) is 0.475. The number of halogens is 1. The molecule has 0 radical (unpaired) electrons. The van der Waals surface area contributed by atoms with Gasteiger partial charge in [-0.25, -0.2) is 4.98 Å². The van der Waals surface area contributed by atoms with E-state index < -0.39 is 0 Å². The molecule has 0 atom stereocenters. The van der Waals surface area contributed by atoms with E-state index in [1.54, 1.807) is 0 Å². The van der Waals surface area contributed by atoms with Crippen LogP contribution in [0.1, 0.15) is 30.2 Å². The molecular formula is C20H19ClN2. The van der Waals surface area contributed by atoms with E-state index in [1.165, 1.54) is 22.0 Å². The molecule has 0 aliphatic rings. The Bertz CT molecular complexity index is 1060. The first-order chi connectivity index (χ1) is 11.1. The molecule has 0 spiro atoms. The number of para-hydroxylation sites is 1. The van der Waals surface area contributed by atoms with Crippen LogP contribution in [0.25, 0.3) is 32.7 Å². The van der Waals surface area contributed by atoms with Gasteiger partial charge < -0.3 is 4.98 Å². The lowest BCUT2D eigenvalue weighted by atomic mass is 9.98. The minimum absolute atomic E-state index is 0.816. The van der Waals surface area contributed by atoms with E-state index in [1.807, 2.05) is 6.07 Å². The third kappa shape index (κ3) is 2.05. The molecule has 2 nitrogen and oxygen atoms in total. The first-order valence-corrected chi connectivity index (χ1v) is 8.48. The topological polar surface area (TPSA) is 28.7 Å². The summed E-state index contributed by atoms with van der Waals surface area (Å²) >= 11 is 6.63. The van der Waals surface area contributed by atoms with Crippen LogP contribution in [0.3, 0.4) is 0 Å². The highest BCUT2D eigenvalue weighted by Gasteiger charge is 2.17. The molecule has 2 aromatic heterocycles. The average molecular weight is 323 g/mol. The van der Waals surface area contributed by atoms with Gasteiger partial charge in [-0.1, -0.05) is 43.1 Å². The van der Waals surface area contributed by atoms with Crippen LogP contribution in [-0.2, 0) is 6.42 Å². The van der Waals surface area contributed by atoms with E-state index in [9.17, 15) is 0 Å². The van der Waals surface area contributed by atoms with Crippen molar-refractivity contribution in [3.8, 4) is 0 Å². The van der Waals surface area contributed by atoms with Crippen molar-refractivity contribution in [2.24, 2.45) is 0 Å². The van der Waals surface area contributed by atoms with Gasteiger partial charge in [0.2, 0.25) is 0 Å². The number of aromatic amines is 1. The summed E-state index contributed by atoms with van der Waals surface area (Å²) in [7, 11) is 0. The van der Waals surface area contributed by atoms with Crippen LogP contribution in [-0.4, -0.2) is 9.97 Å². The second kappa shape index (κ2) is 5.24. The normalized spacial score (nSPS) is 11.8. The Labute approximate surface area is 140 Å². The zero-order valence-corrected chi connectivity index (χ0v) is 14.4. The van der Waals surface area contributed by atoms with Crippen LogP contribution in [0.2, 0.25) is 5.02 Å². The lowest BCUT2D eigenvalue weighted by Crippen LogP contribution is -1.96. The average Bonchev–Trinajstić information content (AvgIpc) is 2.92. The second-order valence-corrected chi connectivity index (χ2v) is 6.65. The molecule has 2 heterocycles. The summed E-state index contributed by atoms with van der Waals surface area (Å²) in [5, 5.41) is 4.37. The van der Waals surface area contributed by atoms with Gasteiger partial charge in [0.05, 0.1) is 21.6 Å². The van der Waals surface area contributed by atoms with Gasteiger partial charge in [-0.15, -0.1) is 0 Å². The Morgan fingerprint density at radius 3 is 2.65 bits per heavy atom. The predicted octanol–water partition coefficient (Wildman–Crippen LogP) is 6.09. The first kappa shape index (κ1) is 14.5. The van der Waals surface area contributed by atoms with Crippen molar-refractivity contribution in [1.29, 1.82) is 0 Å². The van der Waals surface area contributed by atoms with Gasteiger partial charge in [0.25, 0.3) is 0 Å². The molecule has 0 saturated heterocycles. The summed E-state index contributed by atoms with van der Waals surface area (Å²) in [6.45, 7) is 6.47. The molecule has 0 unspecified atom stereocenters. The fourth-order valence-corrected chi connectivity index (χ4v) is 4.00. The third-order valence-corrected chi connectivity index (χ3v) is 5.02. The Balaban J connectivity index is 2.24. The summed E-state index contributed by atoms with van der Waals surface area (Å²) in [4.78, 5) is 8.47. The van der Waals surface area contributed by atoms with Crippen molar-refractivity contribution < 1.29 is 0 Å². The van der Waals surface area contributed by atoms with Gasteiger partial charge >= 0.3 is 0 Å². The number of H-pyrrole nitrogens is 1. The van der Waals surface area contributed by atoms with Gasteiger partial charge in [0, 0.05) is 21.9 Å². The van der Waals surface area contributed by atoms with Crippen molar-refractivity contribution in [1.82, 2.24) is 9.97 Å². The van der Waals surface area contributed by atoms with E-state index in [0.717, 1.165) is 45.4 Å². The summed E-state index contributed by atoms with van der Waals surface area (Å²) in [6, 6.07) is 10.4. The van der Waals surface area contributed by atoms with Crippen LogP contribution in [0.4, 0.5) is 0 Å². The maximum absolute atomic E-state index is 6.63.